The fourth-order valence-corrected chi connectivity index (χ4v) is 2.58. The Morgan fingerprint density at radius 3 is 2.83 bits per heavy atom. The summed E-state index contributed by atoms with van der Waals surface area (Å²) in [6.07, 6.45) is 6.21. The molecule has 0 radical (unpaired) electrons. The molecule has 2 heterocycles. The van der Waals surface area contributed by atoms with Crippen LogP contribution >= 0.6 is 0 Å². The summed E-state index contributed by atoms with van der Waals surface area (Å²) < 4.78 is 0. The molecular weight excluding hydrogens is 228 g/mol. The van der Waals surface area contributed by atoms with Crippen LogP contribution in [0.1, 0.15) is 45.0 Å². The van der Waals surface area contributed by atoms with Gasteiger partial charge in [0.2, 0.25) is 5.91 Å². The van der Waals surface area contributed by atoms with E-state index in [1.54, 1.807) is 12.4 Å². The molecule has 18 heavy (non-hydrogen) atoms. The van der Waals surface area contributed by atoms with Gasteiger partial charge in [0.1, 0.15) is 5.82 Å². The third kappa shape index (κ3) is 2.56. The summed E-state index contributed by atoms with van der Waals surface area (Å²) in [7, 11) is 0. The Hall–Kier alpha value is -1.36. The molecule has 0 saturated carbocycles. The normalized spacial score (nSPS) is 20.3. The average molecular weight is 250 g/mol. The van der Waals surface area contributed by atoms with Crippen molar-refractivity contribution in [2.75, 3.05) is 13.1 Å². The van der Waals surface area contributed by atoms with Crippen molar-refractivity contribution in [2.45, 2.75) is 39.2 Å². The summed E-state index contributed by atoms with van der Waals surface area (Å²) in [6, 6.07) is -0.0641. The van der Waals surface area contributed by atoms with Crippen LogP contribution in [0, 0.1) is 5.41 Å². The van der Waals surface area contributed by atoms with Crippen molar-refractivity contribution in [3.05, 3.63) is 18.2 Å². The van der Waals surface area contributed by atoms with Crippen molar-refractivity contribution in [1.82, 2.24) is 20.6 Å². The van der Waals surface area contributed by atoms with Crippen LogP contribution in [0.25, 0.3) is 0 Å². The lowest BCUT2D eigenvalue weighted by Gasteiger charge is -2.36. The number of rotatable bonds is 4. The van der Waals surface area contributed by atoms with Crippen LogP contribution in [0.15, 0.2) is 12.4 Å². The summed E-state index contributed by atoms with van der Waals surface area (Å²) in [6.45, 7) is 5.91. The Kier molecular flexibility index (Phi) is 4.01. The maximum atomic E-state index is 12.5. The van der Waals surface area contributed by atoms with E-state index in [4.69, 9.17) is 0 Å². The molecular formula is C13H22N4O. The first-order valence-corrected chi connectivity index (χ1v) is 6.69. The number of H-pyrrole nitrogens is 1. The molecule has 1 amide bonds. The second-order valence-corrected chi connectivity index (χ2v) is 5.05. The van der Waals surface area contributed by atoms with Crippen LogP contribution in [0.4, 0.5) is 0 Å². The SMILES string of the molecule is CCC1(C(=O)NC(C)c2ncc[nH]2)CCNCC1. The van der Waals surface area contributed by atoms with Crippen LogP contribution in [-0.2, 0) is 4.79 Å². The number of piperidine rings is 1. The molecule has 1 aliphatic rings. The van der Waals surface area contributed by atoms with Crippen LogP contribution in [0.3, 0.4) is 0 Å². The van der Waals surface area contributed by atoms with Gasteiger partial charge in [-0.1, -0.05) is 6.92 Å². The van der Waals surface area contributed by atoms with Crippen LogP contribution in [-0.4, -0.2) is 29.0 Å². The second kappa shape index (κ2) is 5.52. The first kappa shape index (κ1) is 13.1. The summed E-state index contributed by atoms with van der Waals surface area (Å²) in [4.78, 5) is 19.7. The number of hydrogen-bond donors (Lipinski definition) is 3. The van der Waals surface area contributed by atoms with E-state index < -0.39 is 0 Å². The van der Waals surface area contributed by atoms with Gasteiger partial charge in [-0.25, -0.2) is 4.98 Å². The highest BCUT2D eigenvalue weighted by Gasteiger charge is 2.38. The molecule has 0 aromatic carbocycles. The van der Waals surface area contributed by atoms with E-state index in [1.165, 1.54) is 0 Å². The predicted molar refractivity (Wildman–Crippen MR) is 70.0 cm³/mol. The van der Waals surface area contributed by atoms with Crippen LogP contribution in [0.2, 0.25) is 0 Å². The van der Waals surface area contributed by atoms with Gasteiger partial charge in [-0.15, -0.1) is 0 Å². The molecule has 3 N–H and O–H groups in total. The molecule has 0 spiro atoms. The zero-order valence-corrected chi connectivity index (χ0v) is 11.1. The van der Waals surface area contributed by atoms with Crippen molar-refractivity contribution in [2.24, 2.45) is 5.41 Å². The standard InChI is InChI=1S/C13H22N4O/c1-3-13(4-6-14-7-5-13)12(18)17-10(2)11-15-8-9-16-11/h8-10,14H,3-7H2,1-2H3,(H,15,16)(H,17,18). The number of aromatic amines is 1. The van der Waals surface area contributed by atoms with Gasteiger partial charge in [0, 0.05) is 12.4 Å². The highest BCUT2D eigenvalue weighted by Crippen LogP contribution is 2.33. The number of nitrogens with zero attached hydrogens (tertiary/aromatic N) is 1. The lowest BCUT2D eigenvalue weighted by molar-refractivity contribution is -0.133. The Labute approximate surface area is 108 Å². The number of imidazole rings is 1. The maximum absolute atomic E-state index is 12.5. The zero-order chi connectivity index (χ0) is 13.0. The molecule has 1 aliphatic heterocycles. The van der Waals surface area contributed by atoms with E-state index >= 15 is 0 Å². The highest BCUT2D eigenvalue weighted by atomic mass is 16.2. The molecule has 5 nitrogen and oxygen atoms in total. The van der Waals surface area contributed by atoms with Crippen molar-refractivity contribution >= 4 is 5.91 Å². The number of amides is 1. The quantitative estimate of drug-likeness (QED) is 0.756. The number of carbonyl (C=O) groups excluding carboxylic acids is 1. The summed E-state index contributed by atoms with van der Waals surface area (Å²) in [5.74, 6) is 0.971. The average Bonchev–Trinajstić information content (AvgIpc) is 2.93. The first-order valence-electron chi connectivity index (χ1n) is 6.69. The minimum atomic E-state index is -0.202. The van der Waals surface area contributed by atoms with Gasteiger partial charge in [-0.3, -0.25) is 4.79 Å². The van der Waals surface area contributed by atoms with Gasteiger partial charge in [0.05, 0.1) is 11.5 Å². The number of nitrogens with one attached hydrogen (secondary N) is 3. The lowest BCUT2D eigenvalue weighted by atomic mass is 9.75. The molecule has 1 atom stereocenters. The van der Waals surface area contributed by atoms with E-state index in [2.05, 4.69) is 27.5 Å². The van der Waals surface area contributed by atoms with E-state index in [9.17, 15) is 4.79 Å². The van der Waals surface area contributed by atoms with Gasteiger partial charge < -0.3 is 15.6 Å². The fourth-order valence-electron chi connectivity index (χ4n) is 2.58. The molecule has 0 aliphatic carbocycles. The number of carbonyl (C=O) groups is 1. The summed E-state index contributed by atoms with van der Waals surface area (Å²) >= 11 is 0. The van der Waals surface area contributed by atoms with Gasteiger partial charge in [-0.2, -0.15) is 0 Å². The number of hydrogen-bond acceptors (Lipinski definition) is 3. The van der Waals surface area contributed by atoms with Crippen molar-refractivity contribution in [1.29, 1.82) is 0 Å². The van der Waals surface area contributed by atoms with Crippen molar-refractivity contribution in [3.63, 3.8) is 0 Å². The number of aromatic nitrogens is 2. The molecule has 1 aromatic heterocycles. The topological polar surface area (TPSA) is 69.8 Å². The summed E-state index contributed by atoms with van der Waals surface area (Å²) in [5.41, 5.74) is -0.202. The van der Waals surface area contributed by atoms with E-state index in [0.717, 1.165) is 38.2 Å². The van der Waals surface area contributed by atoms with Gasteiger partial charge in [0.25, 0.3) is 0 Å². The fraction of sp³-hybridized carbons (Fsp3) is 0.692. The lowest BCUT2D eigenvalue weighted by Crippen LogP contribution is -2.47. The first-order chi connectivity index (χ1) is 8.68. The van der Waals surface area contributed by atoms with Crippen LogP contribution < -0.4 is 10.6 Å². The minimum absolute atomic E-state index is 0.0641. The van der Waals surface area contributed by atoms with E-state index in [1.807, 2.05) is 6.92 Å². The van der Waals surface area contributed by atoms with Crippen molar-refractivity contribution < 1.29 is 4.79 Å². The third-order valence-electron chi connectivity index (χ3n) is 4.00. The maximum Gasteiger partial charge on any atom is 0.226 e. The van der Waals surface area contributed by atoms with Crippen molar-refractivity contribution in [3.8, 4) is 0 Å². The molecule has 1 unspecified atom stereocenters. The molecule has 1 aromatic rings. The molecule has 1 saturated heterocycles. The van der Waals surface area contributed by atoms with Crippen LogP contribution in [0.5, 0.6) is 0 Å². The highest BCUT2D eigenvalue weighted by molar-refractivity contribution is 5.83. The zero-order valence-electron chi connectivity index (χ0n) is 11.1. The smallest absolute Gasteiger partial charge is 0.226 e. The summed E-state index contributed by atoms with van der Waals surface area (Å²) in [5, 5.41) is 6.39. The Morgan fingerprint density at radius 2 is 2.28 bits per heavy atom. The van der Waals surface area contributed by atoms with E-state index in [0.29, 0.717) is 0 Å². The third-order valence-corrected chi connectivity index (χ3v) is 4.00. The molecule has 1 fully saturated rings. The van der Waals surface area contributed by atoms with E-state index in [-0.39, 0.29) is 17.4 Å². The monoisotopic (exact) mass is 250 g/mol. The molecule has 0 bridgehead atoms. The van der Waals surface area contributed by atoms with Gasteiger partial charge in [-0.05, 0) is 39.3 Å². The Bertz CT molecular complexity index is 382. The largest absolute Gasteiger partial charge is 0.347 e. The predicted octanol–water partition coefficient (Wildman–Crippen LogP) is 1.37. The second-order valence-electron chi connectivity index (χ2n) is 5.05. The van der Waals surface area contributed by atoms with Gasteiger partial charge >= 0.3 is 0 Å². The minimum Gasteiger partial charge on any atom is -0.347 e. The molecule has 2 rings (SSSR count). The molecule has 100 valence electrons. The Morgan fingerprint density at radius 1 is 1.56 bits per heavy atom. The Balaban J connectivity index is 2.01. The van der Waals surface area contributed by atoms with Gasteiger partial charge in [0.15, 0.2) is 0 Å². The molecule has 5 heteroatoms.